The van der Waals surface area contributed by atoms with Crippen LogP contribution in [0, 0.1) is 5.82 Å². The molecule has 156 valence electrons. The first-order chi connectivity index (χ1) is 14.4. The van der Waals surface area contributed by atoms with E-state index >= 15 is 0 Å². The number of nitrogens with one attached hydrogen (secondary N) is 2. The molecule has 0 radical (unpaired) electrons. The van der Waals surface area contributed by atoms with Crippen LogP contribution in [0.2, 0.25) is 0 Å². The Morgan fingerprint density at radius 1 is 1.10 bits per heavy atom. The van der Waals surface area contributed by atoms with Gasteiger partial charge in [-0.25, -0.2) is 17.5 Å². The number of halogens is 1. The smallest absolute Gasteiger partial charge is 0.276 e. The summed E-state index contributed by atoms with van der Waals surface area (Å²) in [6.45, 7) is 1.55. The van der Waals surface area contributed by atoms with Crippen molar-refractivity contribution in [1.29, 1.82) is 0 Å². The van der Waals surface area contributed by atoms with Gasteiger partial charge in [-0.05, 0) is 62.6 Å². The number of carbonyl (C=O) groups excluding carboxylic acids is 1. The zero-order valence-corrected chi connectivity index (χ0v) is 17.2. The van der Waals surface area contributed by atoms with Crippen LogP contribution in [-0.4, -0.2) is 29.9 Å². The molecule has 0 atom stereocenters. The normalized spacial score (nSPS) is 13.1. The number of fused-ring (bicyclic) bond motifs is 1. The van der Waals surface area contributed by atoms with Gasteiger partial charge in [0.1, 0.15) is 11.5 Å². The highest BCUT2D eigenvalue weighted by Crippen LogP contribution is 2.29. The summed E-state index contributed by atoms with van der Waals surface area (Å²) in [6.07, 6.45) is 2.33. The summed E-state index contributed by atoms with van der Waals surface area (Å²) >= 11 is 0. The molecule has 1 aliphatic rings. The van der Waals surface area contributed by atoms with Gasteiger partial charge >= 0.3 is 0 Å². The van der Waals surface area contributed by atoms with E-state index in [0.29, 0.717) is 23.5 Å². The third-order valence-electron chi connectivity index (χ3n) is 5.02. The average molecular weight is 428 g/mol. The van der Waals surface area contributed by atoms with Crippen LogP contribution in [0.15, 0.2) is 48.5 Å². The van der Waals surface area contributed by atoms with Crippen LogP contribution in [0.4, 0.5) is 15.8 Å². The Kier molecular flexibility index (Phi) is 5.29. The molecule has 2 aromatic carbocycles. The summed E-state index contributed by atoms with van der Waals surface area (Å²) in [5.41, 5.74) is 3.22. The maximum Gasteiger partial charge on any atom is 0.276 e. The molecule has 0 aliphatic heterocycles. The lowest BCUT2D eigenvalue weighted by Crippen LogP contribution is -2.16. The first kappa shape index (κ1) is 20.1. The van der Waals surface area contributed by atoms with Crippen molar-refractivity contribution in [3.05, 3.63) is 71.3 Å². The molecule has 1 heterocycles. The quantitative estimate of drug-likeness (QED) is 0.628. The predicted octanol–water partition coefficient (Wildman–Crippen LogP) is 3.51. The number of nitrogens with zero attached hydrogens (tertiary/aromatic N) is 2. The second kappa shape index (κ2) is 7.91. The van der Waals surface area contributed by atoms with Crippen molar-refractivity contribution < 1.29 is 17.6 Å². The number of hydrogen-bond donors (Lipinski definition) is 2. The van der Waals surface area contributed by atoms with E-state index in [1.807, 2.05) is 0 Å². The van der Waals surface area contributed by atoms with Crippen LogP contribution in [-0.2, 0) is 22.9 Å². The summed E-state index contributed by atoms with van der Waals surface area (Å²) in [6, 6.07) is 12.7. The maximum atomic E-state index is 14.3. The lowest BCUT2D eigenvalue weighted by molar-refractivity contribution is 0.102. The molecule has 1 amide bonds. The van der Waals surface area contributed by atoms with Gasteiger partial charge in [0, 0.05) is 22.6 Å². The van der Waals surface area contributed by atoms with E-state index in [9.17, 15) is 17.6 Å². The second-order valence-corrected chi connectivity index (χ2v) is 9.04. The van der Waals surface area contributed by atoms with E-state index in [2.05, 4.69) is 15.1 Å². The zero-order chi connectivity index (χ0) is 21.3. The van der Waals surface area contributed by atoms with Crippen LogP contribution in [0.3, 0.4) is 0 Å². The van der Waals surface area contributed by atoms with Crippen molar-refractivity contribution in [2.75, 3.05) is 15.8 Å². The van der Waals surface area contributed by atoms with Gasteiger partial charge in [-0.15, -0.1) is 0 Å². The van der Waals surface area contributed by atoms with E-state index < -0.39 is 15.8 Å². The molecule has 30 heavy (non-hydrogen) atoms. The number of aromatic nitrogens is 2. The first-order valence-electron chi connectivity index (χ1n) is 9.65. The molecule has 1 aliphatic carbocycles. The molecule has 2 N–H and O–H groups in total. The standard InChI is InChI=1S/C21H21FN4O3S/c1-2-30(28,29)25-15-12-10-14(11-13-15)23-21(27)20-16-6-5-9-18(16)26(24-20)19-8-4-3-7-17(19)22/h3-4,7-8,10-13,25H,2,5-6,9H2,1H3,(H,23,27). The van der Waals surface area contributed by atoms with Crippen molar-refractivity contribution in [3.8, 4) is 5.69 Å². The van der Waals surface area contributed by atoms with E-state index in [1.165, 1.54) is 10.7 Å². The Balaban J connectivity index is 1.58. The summed E-state index contributed by atoms with van der Waals surface area (Å²) < 4.78 is 41.5. The molecule has 0 spiro atoms. The molecule has 3 aromatic rings. The fraction of sp³-hybridized carbons (Fsp3) is 0.238. The molecule has 0 saturated carbocycles. The molecule has 1 aromatic heterocycles. The van der Waals surface area contributed by atoms with Crippen molar-refractivity contribution in [3.63, 3.8) is 0 Å². The number of sulfonamides is 1. The highest BCUT2D eigenvalue weighted by atomic mass is 32.2. The number of carbonyl (C=O) groups is 1. The third-order valence-corrected chi connectivity index (χ3v) is 6.33. The summed E-state index contributed by atoms with van der Waals surface area (Å²) in [5.74, 6) is -0.807. The number of anilines is 2. The molecule has 4 rings (SSSR count). The molecule has 0 saturated heterocycles. The van der Waals surface area contributed by atoms with E-state index in [4.69, 9.17) is 0 Å². The second-order valence-electron chi connectivity index (χ2n) is 7.03. The molecular weight excluding hydrogens is 407 g/mol. The van der Waals surface area contributed by atoms with E-state index in [-0.39, 0.29) is 17.4 Å². The van der Waals surface area contributed by atoms with Crippen LogP contribution >= 0.6 is 0 Å². The number of para-hydroxylation sites is 1. The van der Waals surface area contributed by atoms with Gasteiger partial charge in [-0.1, -0.05) is 12.1 Å². The van der Waals surface area contributed by atoms with Crippen molar-refractivity contribution >= 4 is 27.3 Å². The molecule has 9 heteroatoms. The van der Waals surface area contributed by atoms with Gasteiger partial charge in [0.25, 0.3) is 5.91 Å². The fourth-order valence-electron chi connectivity index (χ4n) is 3.51. The van der Waals surface area contributed by atoms with Crippen LogP contribution in [0.1, 0.15) is 35.1 Å². The minimum atomic E-state index is -3.37. The number of rotatable bonds is 6. The Morgan fingerprint density at radius 2 is 1.80 bits per heavy atom. The Hall–Kier alpha value is -3.20. The highest BCUT2D eigenvalue weighted by molar-refractivity contribution is 7.92. The van der Waals surface area contributed by atoms with Gasteiger partial charge in [0.15, 0.2) is 5.69 Å². The molecule has 0 bridgehead atoms. The minimum absolute atomic E-state index is 0.0265. The van der Waals surface area contributed by atoms with Gasteiger partial charge < -0.3 is 5.32 Å². The van der Waals surface area contributed by atoms with Crippen molar-refractivity contribution in [1.82, 2.24) is 9.78 Å². The Labute approximate surface area is 174 Å². The summed E-state index contributed by atoms with van der Waals surface area (Å²) in [5, 5.41) is 7.19. The minimum Gasteiger partial charge on any atom is -0.321 e. The maximum absolute atomic E-state index is 14.3. The zero-order valence-electron chi connectivity index (χ0n) is 16.4. The van der Waals surface area contributed by atoms with E-state index in [0.717, 1.165) is 24.1 Å². The molecular formula is C21H21FN4O3S. The van der Waals surface area contributed by atoms with Crippen LogP contribution in [0.5, 0.6) is 0 Å². The first-order valence-corrected chi connectivity index (χ1v) is 11.3. The lowest BCUT2D eigenvalue weighted by atomic mass is 10.2. The Bertz CT molecular complexity index is 1200. The molecule has 0 unspecified atom stereocenters. The number of amides is 1. The van der Waals surface area contributed by atoms with Gasteiger partial charge in [0.2, 0.25) is 10.0 Å². The van der Waals surface area contributed by atoms with E-state index in [1.54, 1.807) is 49.4 Å². The summed E-state index contributed by atoms with van der Waals surface area (Å²) in [4.78, 5) is 12.9. The monoisotopic (exact) mass is 428 g/mol. The summed E-state index contributed by atoms with van der Waals surface area (Å²) in [7, 11) is -3.37. The Morgan fingerprint density at radius 3 is 2.50 bits per heavy atom. The van der Waals surface area contributed by atoms with Gasteiger partial charge in [0.05, 0.1) is 5.75 Å². The van der Waals surface area contributed by atoms with Gasteiger partial charge in [-0.2, -0.15) is 5.10 Å². The van der Waals surface area contributed by atoms with Crippen LogP contribution < -0.4 is 10.0 Å². The number of benzene rings is 2. The van der Waals surface area contributed by atoms with Gasteiger partial charge in [-0.3, -0.25) is 9.52 Å². The predicted molar refractivity (Wildman–Crippen MR) is 113 cm³/mol. The topological polar surface area (TPSA) is 93.1 Å². The number of hydrogen-bond acceptors (Lipinski definition) is 4. The SMILES string of the molecule is CCS(=O)(=O)Nc1ccc(NC(=O)c2nn(-c3ccccc3F)c3c2CCC3)cc1. The fourth-order valence-corrected chi connectivity index (χ4v) is 4.15. The molecule has 0 fully saturated rings. The molecule has 7 nitrogen and oxygen atoms in total. The van der Waals surface area contributed by atoms with Crippen LogP contribution in [0.25, 0.3) is 5.69 Å². The third kappa shape index (κ3) is 3.93. The largest absolute Gasteiger partial charge is 0.321 e. The van der Waals surface area contributed by atoms with Crippen molar-refractivity contribution in [2.24, 2.45) is 0 Å². The van der Waals surface area contributed by atoms with Crippen molar-refractivity contribution in [2.45, 2.75) is 26.2 Å². The lowest BCUT2D eigenvalue weighted by Gasteiger charge is -2.08. The average Bonchev–Trinajstić information content (AvgIpc) is 3.33. The highest BCUT2D eigenvalue weighted by Gasteiger charge is 2.27.